The SMILES string of the molecule is CC(Br)C(=O)c1cc2c(cc1F)NC(=O)CC2. The molecule has 1 atom stereocenters. The van der Waals surface area contributed by atoms with Gasteiger partial charge in [-0.3, -0.25) is 9.59 Å². The van der Waals surface area contributed by atoms with Gasteiger partial charge in [0.25, 0.3) is 0 Å². The highest BCUT2D eigenvalue weighted by Gasteiger charge is 2.22. The van der Waals surface area contributed by atoms with Gasteiger partial charge in [0.2, 0.25) is 5.91 Å². The highest BCUT2D eigenvalue weighted by atomic mass is 79.9. The summed E-state index contributed by atoms with van der Waals surface area (Å²) >= 11 is 3.13. The molecule has 0 fully saturated rings. The number of nitrogens with one attached hydrogen (secondary N) is 1. The maximum Gasteiger partial charge on any atom is 0.224 e. The van der Waals surface area contributed by atoms with Crippen LogP contribution >= 0.6 is 15.9 Å². The van der Waals surface area contributed by atoms with Crippen LogP contribution in [0.1, 0.15) is 29.3 Å². The van der Waals surface area contributed by atoms with E-state index in [0.717, 1.165) is 5.56 Å². The average Bonchev–Trinajstić information content (AvgIpc) is 2.27. The van der Waals surface area contributed by atoms with Crippen LogP contribution in [0.2, 0.25) is 0 Å². The lowest BCUT2D eigenvalue weighted by Gasteiger charge is -2.18. The van der Waals surface area contributed by atoms with E-state index in [9.17, 15) is 14.0 Å². The van der Waals surface area contributed by atoms with Crippen molar-refractivity contribution in [3.05, 3.63) is 29.1 Å². The van der Waals surface area contributed by atoms with Crippen molar-refractivity contribution >= 4 is 33.3 Å². The van der Waals surface area contributed by atoms with Gasteiger partial charge < -0.3 is 5.32 Å². The number of ketones is 1. The molecule has 17 heavy (non-hydrogen) atoms. The number of anilines is 1. The molecule has 0 bridgehead atoms. The number of carbonyl (C=O) groups excluding carboxylic acids is 2. The van der Waals surface area contributed by atoms with E-state index in [2.05, 4.69) is 21.2 Å². The number of hydrogen-bond acceptors (Lipinski definition) is 2. The summed E-state index contributed by atoms with van der Waals surface area (Å²) in [5.74, 6) is -1.01. The van der Waals surface area contributed by atoms with Gasteiger partial charge in [-0.1, -0.05) is 15.9 Å². The molecule has 90 valence electrons. The lowest BCUT2D eigenvalue weighted by Crippen LogP contribution is -2.21. The second-order valence-electron chi connectivity index (χ2n) is 4.02. The molecule has 0 spiro atoms. The number of amides is 1. The minimum Gasteiger partial charge on any atom is -0.326 e. The van der Waals surface area contributed by atoms with E-state index in [-0.39, 0.29) is 17.3 Å². The van der Waals surface area contributed by atoms with Crippen LogP contribution in [0.15, 0.2) is 12.1 Å². The van der Waals surface area contributed by atoms with Crippen LogP contribution in [0.4, 0.5) is 10.1 Å². The molecule has 1 unspecified atom stereocenters. The predicted molar refractivity (Wildman–Crippen MR) is 66.1 cm³/mol. The Kier molecular flexibility index (Phi) is 3.28. The maximum absolute atomic E-state index is 13.7. The van der Waals surface area contributed by atoms with Crippen LogP contribution in [-0.4, -0.2) is 16.5 Å². The predicted octanol–water partition coefficient (Wildman–Crippen LogP) is 2.68. The van der Waals surface area contributed by atoms with Crippen LogP contribution in [0.5, 0.6) is 0 Å². The molecular weight excluding hydrogens is 289 g/mol. The smallest absolute Gasteiger partial charge is 0.224 e. The normalized spacial score (nSPS) is 16.1. The van der Waals surface area contributed by atoms with E-state index < -0.39 is 10.6 Å². The van der Waals surface area contributed by atoms with Crippen molar-refractivity contribution in [1.82, 2.24) is 0 Å². The Hall–Kier alpha value is -1.23. The molecule has 1 heterocycles. The quantitative estimate of drug-likeness (QED) is 0.674. The van der Waals surface area contributed by atoms with Gasteiger partial charge in [-0.05, 0) is 31.0 Å². The van der Waals surface area contributed by atoms with Crippen molar-refractivity contribution in [3.8, 4) is 0 Å². The monoisotopic (exact) mass is 299 g/mol. The third-order valence-electron chi connectivity index (χ3n) is 2.72. The van der Waals surface area contributed by atoms with Gasteiger partial charge in [0.1, 0.15) is 5.82 Å². The number of aryl methyl sites for hydroxylation is 1. The third-order valence-corrected chi connectivity index (χ3v) is 3.13. The number of benzene rings is 1. The van der Waals surface area contributed by atoms with Crippen molar-refractivity contribution in [3.63, 3.8) is 0 Å². The van der Waals surface area contributed by atoms with Crippen LogP contribution in [-0.2, 0) is 11.2 Å². The molecule has 0 saturated heterocycles. The van der Waals surface area contributed by atoms with Crippen molar-refractivity contribution < 1.29 is 14.0 Å². The number of rotatable bonds is 2. The van der Waals surface area contributed by atoms with Crippen molar-refractivity contribution in [1.29, 1.82) is 0 Å². The van der Waals surface area contributed by atoms with Crippen molar-refractivity contribution in [2.24, 2.45) is 0 Å². The van der Waals surface area contributed by atoms with Gasteiger partial charge in [-0.25, -0.2) is 4.39 Å². The molecule has 1 aliphatic heterocycles. The van der Waals surface area contributed by atoms with Gasteiger partial charge >= 0.3 is 0 Å². The molecule has 1 N–H and O–H groups in total. The van der Waals surface area contributed by atoms with E-state index >= 15 is 0 Å². The minimum absolute atomic E-state index is 0.0734. The largest absolute Gasteiger partial charge is 0.326 e. The number of Topliss-reactive ketones (excluding diaryl/α,β-unsaturated/α-hetero) is 1. The topological polar surface area (TPSA) is 46.2 Å². The van der Waals surface area contributed by atoms with Gasteiger partial charge in [0.15, 0.2) is 5.78 Å². The van der Waals surface area contributed by atoms with Crippen LogP contribution < -0.4 is 5.32 Å². The molecule has 2 rings (SSSR count). The maximum atomic E-state index is 13.7. The molecule has 1 amide bonds. The van der Waals surface area contributed by atoms with Gasteiger partial charge in [-0.15, -0.1) is 0 Å². The molecule has 0 saturated carbocycles. The second kappa shape index (κ2) is 4.56. The van der Waals surface area contributed by atoms with Crippen molar-refractivity contribution in [2.45, 2.75) is 24.6 Å². The fourth-order valence-electron chi connectivity index (χ4n) is 1.81. The number of carbonyl (C=O) groups is 2. The van der Waals surface area contributed by atoms with E-state index in [4.69, 9.17) is 0 Å². The Labute approximate surface area is 107 Å². The number of hydrogen-bond donors (Lipinski definition) is 1. The fourth-order valence-corrected chi connectivity index (χ4v) is 2.05. The minimum atomic E-state index is -0.595. The Morgan fingerprint density at radius 3 is 2.82 bits per heavy atom. The molecule has 1 aliphatic rings. The summed E-state index contributed by atoms with van der Waals surface area (Å²) in [5, 5.41) is 2.59. The number of fused-ring (bicyclic) bond motifs is 1. The summed E-state index contributed by atoms with van der Waals surface area (Å²) in [6, 6.07) is 2.75. The first-order valence-corrected chi connectivity index (χ1v) is 6.21. The summed E-state index contributed by atoms with van der Waals surface area (Å²) in [4.78, 5) is 22.5. The van der Waals surface area contributed by atoms with Gasteiger partial charge in [0, 0.05) is 12.1 Å². The van der Waals surface area contributed by atoms with Crippen LogP contribution in [0.3, 0.4) is 0 Å². The molecule has 0 radical (unpaired) electrons. The lowest BCUT2D eigenvalue weighted by atomic mass is 9.97. The molecule has 0 aliphatic carbocycles. The van der Waals surface area contributed by atoms with Crippen molar-refractivity contribution in [2.75, 3.05) is 5.32 Å². The highest BCUT2D eigenvalue weighted by Crippen LogP contribution is 2.27. The number of halogens is 2. The van der Waals surface area contributed by atoms with Gasteiger partial charge in [-0.2, -0.15) is 0 Å². The number of alkyl halides is 1. The highest BCUT2D eigenvalue weighted by molar-refractivity contribution is 9.10. The summed E-state index contributed by atoms with van der Waals surface area (Å²) in [6.45, 7) is 1.66. The summed E-state index contributed by atoms with van der Waals surface area (Å²) in [6.07, 6.45) is 0.911. The first kappa shape index (κ1) is 12.2. The second-order valence-corrected chi connectivity index (χ2v) is 5.39. The van der Waals surface area contributed by atoms with E-state index in [1.54, 1.807) is 6.92 Å². The zero-order valence-corrected chi connectivity index (χ0v) is 10.8. The first-order chi connectivity index (χ1) is 7.99. The molecule has 3 nitrogen and oxygen atoms in total. The Morgan fingerprint density at radius 1 is 1.47 bits per heavy atom. The van der Waals surface area contributed by atoms with Crippen LogP contribution in [0.25, 0.3) is 0 Å². The third kappa shape index (κ3) is 2.39. The Bertz CT molecular complexity index is 500. The molecule has 1 aromatic rings. The molecule has 5 heteroatoms. The summed E-state index contributed by atoms with van der Waals surface area (Å²) < 4.78 is 13.7. The molecule has 0 aromatic heterocycles. The summed E-state index contributed by atoms with van der Waals surface area (Å²) in [7, 11) is 0. The van der Waals surface area contributed by atoms with Crippen LogP contribution in [0, 0.1) is 5.82 Å². The Morgan fingerprint density at radius 2 is 2.18 bits per heavy atom. The van der Waals surface area contributed by atoms with E-state index in [1.807, 2.05) is 0 Å². The van der Waals surface area contributed by atoms with E-state index in [1.165, 1.54) is 12.1 Å². The zero-order valence-electron chi connectivity index (χ0n) is 9.22. The first-order valence-electron chi connectivity index (χ1n) is 5.29. The van der Waals surface area contributed by atoms with E-state index in [0.29, 0.717) is 18.5 Å². The Balaban J connectivity index is 2.44. The summed E-state index contributed by atoms with van der Waals surface area (Å²) in [5.41, 5.74) is 1.35. The standard InChI is InChI=1S/C12H11BrFNO2/c1-6(13)12(17)8-4-7-2-3-11(16)15-10(7)5-9(8)14/h4-6H,2-3H2,1H3,(H,15,16). The average molecular weight is 300 g/mol. The zero-order chi connectivity index (χ0) is 12.6. The lowest BCUT2D eigenvalue weighted by molar-refractivity contribution is -0.116. The van der Waals surface area contributed by atoms with Gasteiger partial charge in [0.05, 0.1) is 10.4 Å². The molecule has 1 aromatic carbocycles. The fraction of sp³-hybridized carbons (Fsp3) is 0.333. The molecular formula is C12H11BrFNO2.